The topological polar surface area (TPSA) is 72.3 Å². The van der Waals surface area contributed by atoms with Gasteiger partial charge < -0.3 is 19.5 Å². The molecule has 31 heavy (non-hydrogen) atoms. The summed E-state index contributed by atoms with van der Waals surface area (Å²) in [5.41, 5.74) is 1.90. The maximum Gasteiger partial charge on any atom is 0.305 e. The predicted octanol–water partition coefficient (Wildman–Crippen LogP) is 3.85. The van der Waals surface area contributed by atoms with Gasteiger partial charge in [0, 0.05) is 37.3 Å². The summed E-state index contributed by atoms with van der Waals surface area (Å²) in [6.07, 6.45) is 6.32. The van der Waals surface area contributed by atoms with E-state index in [2.05, 4.69) is 26.3 Å². The lowest BCUT2D eigenvalue weighted by Crippen LogP contribution is -2.31. The molecule has 0 radical (unpaired) electrons. The van der Waals surface area contributed by atoms with Gasteiger partial charge in [-0.2, -0.15) is 0 Å². The first-order valence-electron chi connectivity index (χ1n) is 9.92. The van der Waals surface area contributed by atoms with Gasteiger partial charge >= 0.3 is 5.97 Å². The van der Waals surface area contributed by atoms with Crippen LogP contribution in [0.15, 0.2) is 61.1 Å². The SMILES string of the molecule is COC(=O)CCCN1C(=S)N[C@H](c2ccccn2)[C@@H]1c1cccn1-c1ccc(Cl)cn1. The van der Waals surface area contributed by atoms with Gasteiger partial charge in [-0.3, -0.25) is 9.78 Å². The van der Waals surface area contributed by atoms with Crippen LogP contribution in [0.2, 0.25) is 5.02 Å². The fourth-order valence-corrected chi connectivity index (χ4v) is 4.26. The maximum absolute atomic E-state index is 11.6. The molecule has 0 amide bonds. The lowest BCUT2D eigenvalue weighted by atomic mass is 10.0. The number of hydrogen-bond donors (Lipinski definition) is 1. The van der Waals surface area contributed by atoms with E-state index in [-0.39, 0.29) is 18.1 Å². The van der Waals surface area contributed by atoms with E-state index in [1.807, 2.05) is 47.2 Å². The Morgan fingerprint density at radius 3 is 2.81 bits per heavy atom. The monoisotopic (exact) mass is 455 g/mol. The molecule has 1 saturated heterocycles. The van der Waals surface area contributed by atoms with E-state index >= 15 is 0 Å². The summed E-state index contributed by atoms with van der Waals surface area (Å²) in [7, 11) is 1.40. The van der Waals surface area contributed by atoms with Crippen LogP contribution in [0.3, 0.4) is 0 Å². The fraction of sp³-hybridized carbons (Fsp3) is 0.273. The quantitative estimate of drug-likeness (QED) is 0.428. The molecule has 0 bridgehead atoms. The molecular weight excluding hydrogens is 434 g/mol. The molecule has 3 aromatic heterocycles. The van der Waals surface area contributed by atoms with Crippen molar-refractivity contribution < 1.29 is 9.53 Å². The lowest BCUT2D eigenvalue weighted by molar-refractivity contribution is -0.140. The minimum absolute atomic E-state index is 0.132. The number of ether oxygens (including phenoxy) is 1. The molecule has 2 atom stereocenters. The normalized spacial score (nSPS) is 18.1. The van der Waals surface area contributed by atoms with E-state index < -0.39 is 0 Å². The summed E-state index contributed by atoms with van der Waals surface area (Å²) in [4.78, 5) is 22.8. The second-order valence-corrected chi connectivity index (χ2v) is 7.96. The van der Waals surface area contributed by atoms with Crippen LogP contribution in [0.4, 0.5) is 0 Å². The molecule has 1 aliphatic rings. The predicted molar refractivity (Wildman–Crippen MR) is 122 cm³/mol. The highest BCUT2D eigenvalue weighted by molar-refractivity contribution is 7.80. The number of hydrogen-bond acceptors (Lipinski definition) is 5. The Kier molecular flexibility index (Phi) is 6.48. The third-order valence-electron chi connectivity index (χ3n) is 5.25. The summed E-state index contributed by atoms with van der Waals surface area (Å²) in [5, 5.41) is 4.63. The average molecular weight is 456 g/mol. The fourth-order valence-electron chi connectivity index (χ4n) is 3.82. The smallest absolute Gasteiger partial charge is 0.305 e. The van der Waals surface area contributed by atoms with Crippen molar-refractivity contribution >= 4 is 34.9 Å². The number of methoxy groups -OCH3 is 1. The maximum atomic E-state index is 11.6. The molecule has 0 spiro atoms. The van der Waals surface area contributed by atoms with Gasteiger partial charge in [0.05, 0.1) is 29.9 Å². The molecule has 1 N–H and O–H groups in total. The number of carbonyl (C=O) groups is 1. The number of aromatic nitrogens is 3. The molecular formula is C22H22ClN5O2S. The highest BCUT2D eigenvalue weighted by Crippen LogP contribution is 2.39. The number of thiocarbonyl (C=S) groups is 1. The zero-order valence-electron chi connectivity index (χ0n) is 16.9. The third kappa shape index (κ3) is 4.55. The Morgan fingerprint density at radius 1 is 1.23 bits per heavy atom. The number of nitrogens with zero attached hydrogens (tertiary/aromatic N) is 4. The van der Waals surface area contributed by atoms with Gasteiger partial charge in [-0.25, -0.2) is 4.98 Å². The second-order valence-electron chi connectivity index (χ2n) is 7.14. The zero-order valence-corrected chi connectivity index (χ0v) is 18.5. The minimum Gasteiger partial charge on any atom is -0.469 e. The molecule has 9 heteroatoms. The van der Waals surface area contributed by atoms with E-state index in [1.54, 1.807) is 12.4 Å². The molecule has 0 saturated carbocycles. The van der Waals surface area contributed by atoms with Gasteiger partial charge in [-0.1, -0.05) is 17.7 Å². The molecule has 3 aromatic rings. The Bertz CT molecular complexity index is 1060. The second kappa shape index (κ2) is 9.45. The van der Waals surface area contributed by atoms with E-state index in [0.717, 1.165) is 17.2 Å². The van der Waals surface area contributed by atoms with E-state index in [0.29, 0.717) is 29.5 Å². The molecule has 160 valence electrons. The summed E-state index contributed by atoms with van der Waals surface area (Å²) in [6, 6.07) is 13.3. The van der Waals surface area contributed by atoms with Crippen LogP contribution < -0.4 is 5.32 Å². The van der Waals surface area contributed by atoms with Gasteiger partial charge in [0.1, 0.15) is 5.82 Å². The number of carbonyl (C=O) groups excluding carboxylic acids is 1. The molecule has 1 fully saturated rings. The third-order valence-corrected chi connectivity index (χ3v) is 5.82. The van der Waals surface area contributed by atoms with E-state index in [9.17, 15) is 4.79 Å². The highest BCUT2D eigenvalue weighted by Gasteiger charge is 2.41. The van der Waals surface area contributed by atoms with Crippen LogP contribution in [0.25, 0.3) is 5.82 Å². The van der Waals surface area contributed by atoms with Crippen molar-refractivity contribution in [3.63, 3.8) is 0 Å². The van der Waals surface area contributed by atoms with Crippen LogP contribution in [-0.2, 0) is 9.53 Å². The van der Waals surface area contributed by atoms with E-state index in [4.69, 9.17) is 28.6 Å². The Labute approximate surface area is 191 Å². The first-order chi connectivity index (χ1) is 15.1. The van der Waals surface area contributed by atoms with Crippen LogP contribution in [-0.4, -0.2) is 44.2 Å². The lowest BCUT2D eigenvalue weighted by Gasteiger charge is -2.28. The first-order valence-corrected chi connectivity index (χ1v) is 10.7. The van der Waals surface area contributed by atoms with Crippen LogP contribution in [0, 0.1) is 0 Å². The number of rotatable bonds is 7. The number of nitrogens with one attached hydrogen (secondary N) is 1. The summed E-state index contributed by atoms with van der Waals surface area (Å²) in [5.74, 6) is 0.529. The molecule has 0 aromatic carbocycles. The van der Waals surface area contributed by atoms with Gasteiger partial charge in [0.15, 0.2) is 5.11 Å². The van der Waals surface area contributed by atoms with Crippen molar-refractivity contribution in [1.29, 1.82) is 0 Å². The van der Waals surface area contributed by atoms with Crippen LogP contribution in [0.5, 0.6) is 0 Å². The first kappa shape index (κ1) is 21.3. The Balaban J connectivity index is 1.70. The van der Waals surface area contributed by atoms with Crippen molar-refractivity contribution in [2.45, 2.75) is 24.9 Å². The van der Waals surface area contributed by atoms with E-state index in [1.165, 1.54) is 7.11 Å². The number of esters is 1. The van der Waals surface area contributed by atoms with Gasteiger partial charge in [0.25, 0.3) is 0 Å². The van der Waals surface area contributed by atoms with Gasteiger partial charge in [-0.15, -0.1) is 0 Å². The molecule has 4 rings (SSSR count). The van der Waals surface area contributed by atoms with Crippen molar-refractivity contribution in [3.05, 3.63) is 77.5 Å². The number of pyridine rings is 2. The molecule has 0 aliphatic carbocycles. The van der Waals surface area contributed by atoms with Crippen molar-refractivity contribution in [1.82, 2.24) is 24.8 Å². The van der Waals surface area contributed by atoms with Crippen LogP contribution >= 0.6 is 23.8 Å². The molecule has 0 unspecified atom stereocenters. The van der Waals surface area contributed by atoms with Crippen molar-refractivity contribution in [2.75, 3.05) is 13.7 Å². The van der Waals surface area contributed by atoms with Crippen LogP contribution in [0.1, 0.15) is 36.3 Å². The minimum atomic E-state index is -0.232. The molecule has 7 nitrogen and oxygen atoms in total. The van der Waals surface area contributed by atoms with Crippen molar-refractivity contribution in [2.24, 2.45) is 0 Å². The molecule has 1 aliphatic heterocycles. The highest BCUT2D eigenvalue weighted by atomic mass is 35.5. The van der Waals surface area contributed by atoms with Crippen molar-refractivity contribution in [3.8, 4) is 5.82 Å². The standard InChI is InChI=1S/C22H22ClN5O2S/c1-30-19(29)8-5-13-28-21(20(26-22(28)31)16-6-2-3-11-24-16)17-7-4-12-27(17)18-10-9-15(23)14-25-18/h2-4,6-7,9-12,14,20-21H,5,8,13H2,1H3,(H,26,31)/t20-,21+/m1/s1. The average Bonchev–Trinajstić information content (AvgIpc) is 3.39. The zero-order chi connectivity index (χ0) is 21.8. The Hall–Kier alpha value is -2.97. The Morgan fingerprint density at radius 2 is 2.10 bits per heavy atom. The van der Waals surface area contributed by atoms with Gasteiger partial charge in [-0.05, 0) is 55.0 Å². The largest absolute Gasteiger partial charge is 0.469 e. The van der Waals surface area contributed by atoms with Gasteiger partial charge in [0.2, 0.25) is 0 Å². The molecule has 4 heterocycles. The number of halogens is 1. The summed E-state index contributed by atoms with van der Waals surface area (Å²) >= 11 is 11.7. The summed E-state index contributed by atoms with van der Waals surface area (Å²) in [6.45, 7) is 0.605. The summed E-state index contributed by atoms with van der Waals surface area (Å²) < 4.78 is 6.81.